The maximum atomic E-state index is 11.5. The van der Waals surface area contributed by atoms with Crippen molar-refractivity contribution in [2.45, 2.75) is 25.4 Å². The predicted molar refractivity (Wildman–Crippen MR) is 71.8 cm³/mol. The van der Waals surface area contributed by atoms with Crippen LogP contribution in [0.2, 0.25) is 0 Å². The molecule has 0 bridgehead atoms. The van der Waals surface area contributed by atoms with Crippen molar-refractivity contribution in [3.8, 4) is 5.75 Å². The van der Waals surface area contributed by atoms with Crippen LogP contribution in [0, 0.1) is 0 Å². The van der Waals surface area contributed by atoms with Gasteiger partial charge < -0.3 is 14.5 Å². The lowest BCUT2D eigenvalue weighted by Gasteiger charge is -2.18. The Bertz CT molecular complexity index is 421. The molecule has 0 aliphatic heterocycles. The minimum Gasteiger partial charge on any atom is -0.494 e. The number of allylic oxidation sites excluding steroid dienone is 1. The average Bonchev–Trinajstić information content (AvgIpc) is 2.30. The van der Waals surface area contributed by atoms with Gasteiger partial charge in [-0.3, -0.25) is 4.57 Å². The second-order valence-corrected chi connectivity index (χ2v) is 5.77. The van der Waals surface area contributed by atoms with Crippen LogP contribution < -0.4 is 4.74 Å². The standard InChI is InChI=1S/C13H19O4P/c1-3-5-6-13(18(14,15)16)11-7-9-12(10-8-11)17-4-2/h3,7-10,13H,1,4-6H2,2H3,(H2,14,15,16). The van der Waals surface area contributed by atoms with E-state index in [0.717, 1.165) is 0 Å². The van der Waals surface area contributed by atoms with E-state index >= 15 is 0 Å². The summed E-state index contributed by atoms with van der Waals surface area (Å²) in [6, 6.07) is 6.88. The van der Waals surface area contributed by atoms with Crippen LogP contribution in [0.1, 0.15) is 31.0 Å². The quantitative estimate of drug-likeness (QED) is 0.589. The van der Waals surface area contributed by atoms with Crippen molar-refractivity contribution in [3.05, 3.63) is 42.5 Å². The molecule has 0 fully saturated rings. The molecular formula is C13H19O4P. The highest BCUT2D eigenvalue weighted by atomic mass is 31.2. The molecule has 0 radical (unpaired) electrons. The van der Waals surface area contributed by atoms with E-state index in [1.165, 1.54) is 0 Å². The van der Waals surface area contributed by atoms with Crippen molar-refractivity contribution in [2.24, 2.45) is 0 Å². The molecule has 100 valence electrons. The number of hydrogen-bond acceptors (Lipinski definition) is 2. The van der Waals surface area contributed by atoms with E-state index in [2.05, 4.69) is 6.58 Å². The molecule has 0 aliphatic rings. The Balaban J connectivity index is 2.91. The van der Waals surface area contributed by atoms with Crippen molar-refractivity contribution < 1.29 is 19.1 Å². The lowest BCUT2D eigenvalue weighted by Crippen LogP contribution is -2.00. The van der Waals surface area contributed by atoms with Gasteiger partial charge in [-0.1, -0.05) is 18.2 Å². The Morgan fingerprint density at radius 2 is 2.00 bits per heavy atom. The summed E-state index contributed by atoms with van der Waals surface area (Å²) in [7, 11) is -4.15. The molecule has 0 aliphatic carbocycles. The summed E-state index contributed by atoms with van der Waals surface area (Å²) >= 11 is 0. The first-order valence-corrected chi connectivity index (χ1v) is 7.56. The van der Waals surface area contributed by atoms with Crippen LogP contribution in [0.5, 0.6) is 5.75 Å². The fourth-order valence-electron chi connectivity index (χ4n) is 1.76. The number of rotatable bonds is 7. The minimum absolute atomic E-state index is 0.391. The fraction of sp³-hybridized carbons (Fsp3) is 0.385. The van der Waals surface area contributed by atoms with Gasteiger partial charge in [0.2, 0.25) is 0 Å². The molecule has 1 aromatic rings. The first kappa shape index (κ1) is 15.0. The van der Waals surface area contributed by atoms with E-state index in [-0.39, 0.29) is 0 Å². The molecule has 0 heterocycles. The van der Waals surface area contributed by atoms with Gasteiger partial charge in [-0.05, 0) is 37.5 Å². The van der Waals surface area contributed by atoms with Crippen LogP contribution in [0.15, 0.2) is 36.9 Å². The Labute approximate surface area is 107 Å². The highest BCUT2D eigenvalue weighted by Crippen LogP contribution is 2.54. The molecular weight excluding hydrogens is 251 g/mol. The predicted octanol–water partition coefficient (Wildman–Crippen LogP) is 3.27. The fourth-order valence-corrected chi connectivity index (χ4v) is 2.80. The van der Waals surface area contributed by atoms with Gasteiger partial charge in [-0.25, -0.2) is 0 Å². The lowest BCUT2D eigenvalue weighted by atomic mass is 10.1. The molecule has 1 aromatic carbocycles. The summed E-state index contributed by atoms with van der Waals surface area (Å²) < 4.78 is 16.8. The zero-order chi connectivity index (χ0) is 13.6. The largest absolute Gasteiger partial charge is 0.494 e. The summed E-state index contributed by atoms with van der Waals surface area (Å²) in [4.78, 5) is 18.8. The number of hydrogen-bond donors (Lipinski definition) is 2. The van der Waals surface area contributed by atoms with Crippen LogP contribution in [0.25, 0.3) is 0 Å². The molecule has 1 unspecified atom stereocenters. The third-order valence-corrected chi connectivity index (χ3v) is 3.99. The van der Waals surface area contributed by atoms with E-state index in [1.807, 2.05) is 6.92 Å². The molecule has 0 spiro atoms. The van der Waals surface area contributed by atoms with Gasteiger partial charge in [-0.2, -0.15) is 0 Å². The van der Waals surface area contributed by atoms with E-state index in [9.17, 15) is 14.4 Å². The zero-order valence-electron chi connectivity index (χ0n) is 10.5. The van der Waals surface area contributed by atoms with Crippen LogP contribution in [0.4, 0.5) is 0 Å². The van der Waals surface area contributed by atoms with Gasteiger partial charge in [-0.15, -0.1) is 6.58 Å². The van der Waals surface area contributed by atoms with Crippen molar-refractivity contribution in [2.75, 3.05) is 6.61 Å². The molecule has 0 amide bonds. The molecule has 0 saturated heterocycles. The molecule has 4 nitrogen and oxygen atoms in total. The summed E-state index contributed by atoms with van der Waals surface area (Å²) in [5, 5.41) is 0. The topological polar surface area (TPSA) is 66.8 Å². The van der Waals surface area contributed by atoms with Crippen LogP contribution in [-0.2, 0) is 4.57 Å². The molecule has 18 heavy (non-hydrogen) atoms. The Kier molecular flexibility index (Phi) is 5.60. The van der Waals surface area contributed by atoms with Gasteiger partial charge in [0.05, 0.1) is 12.3 Å². The van der Waals surface area contributed by atoms with Crippen molar-refractivity contribution in [3.63, 3.8) is 0 Å². The molecule has 1 rings (SSSR count). The average molecular weight is 270 g/mol. The molecule has 5 heteroatoms. The minimum atomic E-state index is -4.15. The van der Waals surface area contributed by atoms with Crippen molar-refractivity contribution >= 4 is 7.60 Å². The van der Waals surface area contributed by atoms with Gasteiger partial charge in [0.25, 0.3) is 0 Å². The van der Waals surface area contributed by atoms with E-state index in [4.69, 9.17) is 4.74 Å². The summed E-state index contributed by atoms with van der Waals surface area (Å²) in [5.41, 5.74) is -0.139. The monoisotopic (exact) mass is 270 g/mol. The maximum absolute atomic E-state index is 11.5. The summed E-state index contributed by atoms with van der Waals surface area (Å²) in [6.07, 6.45) is 2.63. The highest BCUT2D eigenvalue weighted by molar-refractivity contribution is 7.52. The second-order valence-electron chi connectivity index (χ2n) is 3.97. The SMILES string of the molecule is C=CCCC(c1ccc(OCC)cc1)P(=O)(O)O. The molecule has 2 N–H and O–H groups in total. The van der Waals surface area contributed by atoms with Crippen molar-refractivity contribution in [1.29, 1.82) is 0 Å². The Hall–Kier alpha value is -1.09. The first-order chi connectivity index (χ1) is 8.49. The molecule has 1 atom stereocenters. The van der Waals surface area contributed by atoms with Gasteiger partial charge in [0.1, 0.15) is 5.75 Å². The normalized spacial score (nSPS) is 13.1. The second kappa shape index (κ2) is 6.74. The van der Waals surface area contributed by atoms with Gasteiger partial charge >= 0.3 is 7.60 Å². The third-order valence-electron chi connectivity index (χ3n) is 2.63. The van der Waals surface area contributed by atoms with Crippen molar-refractivity contribution in [1.82, 2.24) is 0 Å². The van der Waals surface area contributed by atoms with Crippen LogP contribution in [0.3, 0.4) is 0 Å². The summed E-state index contributed by atoms with van der Waals surface area (Å²) in [6.45, 7) is 6.03. The lowest BCUT2D eigenvalue weighted by molar-refractivity contribution is 0.339. The van der Waals surface area contributed by atoms with Crippen LogP contribution in [-0.4, -0.2) is 16.4 Å². The summed E-state index contributed by atoms with van der Waals surface area (Å²) in [5.74, 6) is 0.703. The van der Waals surface area contributed by atoms with E-state index in [1.54, 1.807) is 30.3 Å². The zero-order valence-corrected chi connectivity index (χ0v) is 11.3. The maximum Gasteiger partial charge on any atom is 0.332 e. The molecule has 0 saturated carbocycles. The smallest absolute Gasteiger partial charge is 0.332 e. The number of ether oxygens (including phenoxy) is 1. The number of benzene rings is 1. The first-order valence-electron chi connectivity index (χ1n) is 5.88. The van der Waals surface area contributed by atoms with Crippen LogP contribution >= 0.6 is 7.60 Å². The van der Waals surface area contributed by atoms with Gasteiger partial charge in [0.15, 0.2) is 0 Å². The third kappa shape index (κ3) is 4.30. The Morgan fingerprint density at radius 1 is 1.39 bits per heavy atom. The van der Waals surface area contributed by atoms with Gasteiger partial charge in [0, 0.05) is 0 Å². The molecule has 0 aromatic heterocycles. The highest BCUT2D eigenvalue weighted by Gasteiger charge is 2.29. The van der Waals surface area contributed by atoms with E-state index < -0.39 is 13.3 Å². The Morgan fingerprint density at radius 3 is 2.44 bits per heavy atom. The van der Waals surface area contributed by atoms with E-state index in [0.29, 0.717) is 30.8 Å².